The van der Waals surface area contributed by atoms with Crippen LogP contribution in [0.25, 0.3) is 54.7 Å². The molecule has 0 fully saturated rings. The van der Waals surface area contributed by atoms with Crippen LogP contribution in [-0.2, 0) is 0 Å². The maximum Gasteiger partial charge on any atom is 0.194 e. The molecular weight excluding hydrogens is 344 g/mol. The quantitative estimate of drug-likeness (QED) is 0.335. The van der Waals surface area contributed by atoms with E-state index in [2.05, 4.69) is 46.4 Å². The lowest BCUT2D eigenvalue weighted by Crippen LogP contribution is -1.94. The first-order chi connectivity index (χ1) is 13.8. The smallest absolute Gasteiger partial charge is 0.194 e. The molecule has 2 aromatic heterocycles. The maximum absolute atomic E-state index is 13.3. The lowest BCUT2D eigenvalue weighted by molar-refractivity contribution is 0.104. The third-order valence-electron chi connectivity index (χ3n) is 6.07. The van der Waals surface area contributed by atoms with Crippen LogP contribution in [0.15, 0.2) is 72.8 Å². The number of para-hydroxylation sites is 2. The van der Waals surface area contributed by atoms with E-state index in [4.69, 9.17) is 0 Å². The summed E-state index contributed by atoms with van der Waals surface area (Å²) in [6, 6.07) is 24.7. The summed E-state index contributed by atoms with van der Waals surface area (Å²) in [6.07, 6.45) is 0. The van der Waals surface area contributed by atoms with Gasteiger partial charge in [-0.15, -0.1) is 0 Å². The van der Waals surface area contributed by atoms with Crippen molar-refractivity contribution in [2.24, 2.45) is 0 Å². The summed E-state index contributed by atoms with van der Waals surface area (Å²) in [7, 11) is 0. The van der Waals surface area contributed by atoms with Crippen molar-refractivity contribution in [2.75, 3.05) is 0 Å². The number of carbonyl (C=O) groups is 1. The van der Waals surface area contributed by atoms with E-state index in [0.717, 1.165) is 65.9 Å². The largest absolute Gasteiger partial charge is 0.354 e. The minimum Gasteiger partial charge on any atom is -0.354 e. The first-order valence-corrected chi connectivity index (χ1v) is 9.42. The van der Waals surface area contributed by atoms with Gasteiger partial charge in [-0.05, 0) is 42.0 Å². The van der Waals surface area contributed by atoms with Gasteiger partial charge in [0.15, 0.2) is 5.78 Å². The van der Waals surface area contributed by atoms with E-state index in [1.54, 1.807) is 0 Å². The van der Waals surface area contributed by atoms with E-state index >= 15 is 0 Å². The molecule has 4 aromatic carbocycles. The molecule has 2 heterocycles. The molecular formula is C25H14N2O. The highest BCUT2D eigenvalue weighted by Gasteiger charge is 2.30. The molecule has 0 aliphatic heterocycles. The van der Waals surface area contributed by atoms with Crippen molar-refractivity contribution in [3.8, 4) is 11.1 Å². The van der Waals surface area contributed by atoms with Crippen LogP contribution >= 0.6 is 0 Å². The van der Waals surface area contributed by atoms with Crippen LogP contribution in [-0.4, -0.2) is 15.8 Å². The summed E-state index contributed by atoms with van der Waals surface area (Å²) in [4.78, 5) is 20.3. The zero-order chi connectivity index (χ0) is 18.4. The van der Waals surface area contributed by atoms with Gasteiger partial charge in [0.1, 0.15) is 0 Å². The standard InChI is InChI=1S/C25H14N2O/c28-25-15-9-10-21-24(14-6-2-4-8-20(14)26-21)23(15)17-12-22-16(11-18(17)25)13-5-1-3-7-19(13)27-22/h1-12,26-27H. The van der Waals surface area contributed by atoms with Gasteiger partial charge in [0, 0.05) is 60.3 Å². The molecule has 130 valence electrons. The van der Waals surface area contributed by atoms with Crippen LogP contribution in [0.4, 0.5) is 0 Å². The number of carbonyl (C=O) groups excluding carboxylic acids is 1. The predicted molar refractivity (Wildman–Crippen MR) is 114 cm³/mol. The maximum atomic E-state index is 13.3. The monoisotopic (exact) mass is 358 g/mol. The highest BCUT2D eigenvalue weighted by Crippen LogP contribution is 2.45. The fourth-order valence-electron chi connectivity index (χ4n) is 4.85. The van der Waals surface area contributed by atoms with E-state index in [1.165, 1.54) is 0 Å². The number of hydrogen-bond acceptors (Lipinski definition) is 1. The summed E-state index contributed by atoms with van der Waals surface area (Å²) in [5.41, 5.74) is 7.99. The van der Waals surface area contributed by atoms with Crippen molar-refractivity contribution in [1.29, 1.82) is 0 Å². The molecule has 1 aliphatic rings. The number of rotatable bonds is 0. The second-order valence-electron chi connectivity index (χ2n) is 7.52. The molecule has 0 spiro atoms. The van der Waals surface area contributed by atoms with Crippen molar-refractivity contribution >= 4 is 49.4 Å². The molecule has 0 radical (unpaired) electrons. The molecule has 0 atom stereocenters. The molecule has 0 unspecified atom stereocenters. The Balaban J connectivity index is 1.67. The first-order valence-electron chi connectivity index (χ1n) is 9.42. The molecule has 7 rings (SSSR count). The molecule has 3 heteroatoms. The number of H-pyrrole nitrogens is 2. The molecule has 0 bridgehead atoms. The Morgan fingerprint density at radius 3 is 2.11 bits per heavy atom. The van der Waals surface area contributed by atoms with E-state index < -0.39 is 0 Å². The highest BCUT2D eigenvalue weighted by atomic mass is 16.1. The second kappa shape index (κ2) is 4.70. The minimum absolute atomic E-state index is 0.115. The second-order valence-corrected chi connectivity index (χ2v) is 7.52. The van der Waals surface area contributed by atoms with Gasteiger partial charge in [-0.1, -0.05) is 36.4 Å². The molecule has 2 N–H and O–H groups in total. The van der Waals surface area contributed by atoms with Gasteiger partial charge >= 0.3 is 0 Å². The van der Waals surface area contributed by atoms with Crippen LogP contribution in [0, 0.1) is 0 Å². The lowest BCUT2D eigenvalue weighted by Gasteiger charge is -2.04. The summed E-state index contributed by atoms with van der Waals surface area (Å²) >= 11 is 0. The van der Waals surface area contributed by atoms with Gasteiger partial charge < -0.3 is 9.97 Å². The molecule has 1 aliphatic carbocycles. The molecule has 0 saturated carbocycles. The summed E-state index contributed by atoms with van der Waals surface area (Å²) in [5.74, 6) is 0.115. The van der Waals surface area contributed by atoms with Gasteiger partial charge in [0.2, 0.25) is 0 Å². The molecule has 6 aromatic rings. The Morgan fingerprint density at radius 1 is 0.536 bits per heavy atom. The molecule has 28 heavy (non-hydrogen) atoms. The van der Waals surface area contributed by atoms with E-state index in [0.29, 0.717) is 0 Å². The first kappa shape index (κ1) is 14.2. The number of nitrogens with one attached hydrogen (secondary N) is 2. The Morgan fingerprint density at radius 2 is 1.25 bits per heavy atom. The normalized spacial score (nSPS) is 13.1. The highest BCUT2D eigenvalue weighted by molar-refractivity contribution is 6.31. The Kier molecular flexibility index (Phi) is 2.39. The SMILES string of the molecule is O=C1c2cc3c(cc2-c2c1ccc1[nH]c4ccccc4c21)[nH]c1ccccc13. The molecule has 0 saturated heterocycles. The Hall–Kier alpha value is -3.85. The average Bonchev–Trinajstić information content (AvgIpc) is 3.36. The van der Waals surface area contributed by atoms with Gasteiger partial charge in [0.25, 0.3) is 0 Å². The third kappa shape index (κ3) is 1.58. The fraction of sp³-hybridized carbons (Fsp3) is 0. The van der Waals surface area contributed by atoms with Gasteiger partial charge in [-0.3, -0.25) is 4.79 Å². The van der Waals surface area contributed by atoms with E-state index in [1.807, 2.05) is 36.4 Å². The van der Waals surface area contributed by atoms with Crippen molar-refractivity contribution in [1.82, 2.24) is 9.97 Å². The summed E-state index contributed by atoms with van der Waals surface area (Å²) < 4.78 is 0. The van der Waals surface area contributed by atoms with Gasteiger partial charge in [0.05, 0.1) is 0 Å². The zero-order valence-corrected chi connectivity index (χ0v) is 14.8. The third-order valence-corrected chi connectivity index (χ3v) is 6.07. The fourth-order valence-corrected chi connectivity index (χ4v) is 4.85. The number of aromatic nitrogens is 2. The lowest BCUT2D eigenvalue weighted by atomic mass is 9.98. The zero-order valence-electron chi connectivity index (χ0n) is 14.8. The number of ketones is 1. The number of aromatic amines is 2. The van der Waals surface area contributed by atoms with Crippen LogP contribution in [0.1, 0.15) is 15.9 Å². The summed E-state index contributed by atoms with van der Waals surface area (Å²) in [5, 5.41) is 4.55. The predicted octanol–water partition coefficient (Wildman–Crippen LogP) is 6.17. The van der Waals surface area contributed by atoms with Crippen LogP contribution in [0.3, 0.4) is 0 Å². The van der Waals surface area contributed by atoms with Crippen molar-refractivity contribution in [3.05, 3.63) is 83.9 Å². The van der Waals surface area contributed by atoms with Crippen LogP contribution in [0.2, 0.25) is 0 Å². The van der Waals surface area contributed by atoms with E-state index in [-0.39, 0.29) is 5.78 Å². The number of fused-ring (bicyclic) bond motifs is 10. The molecule has 0 amide bonds. The summed E-state index contributed by atoms with van der Waals surface area (Å²) in [6.45, 7) is 0. The number of hydrogen-bond donors (Lipinski definition) is 2. The Labute approximate surface area is 159 Å². The number of benzene rings is 4. The van der Waals surface area contributed by atoms with Gasteiger partial charge in [-0.2, -0.15) is 0 Å². The topological polar surface area (TPSA) is 48.6 Å². The minimum atomic E-state index is 0.115. The van der Waals surface area contributed by atoms with Crippen molar-refractivity contribution < 1.29 is 4.79 Å². The van der Waals surface area contributed by atoms with Crippen LogP contribution in [0.5, 0.6) is 0 Å². The van der Waals surface area contributed by atoms with Crippen molar-refractivity contribution in [2.45, 2.75) is 0 Å². The van der Waals surface area contributed by atoms with Crippen molar-refractivity contribution in [3.63, 3.8) is 0 Å². The van der Waals surface area contributed by atoms with Crippen LogP contribution < -0.4 is 0 Å². The average molecular weight is 358 g/mol. The Bertz CT molecular complexity index is 1630. The van der Waals surface area contributed by atoms with Gasteiger partial charge in [-0.25, -0.2) is 0 Å². The van der Waals surface area contributed by atoms with E-state index in [9.17, 15) is 4.79 Å². The molecule has 3 nitrogen and oxygen atoms in total.